The number of pyridine rings is 1. The number of anilines is 1. The minimum atomic E-state index is -0.507. The molecule has 0 atom stereocenters. The first-order valence-corrected chi connectivity index (χ1v) is 5.75. The maximum Gasteiger partial charge on any atom is 0.311 e. The summed E-state index contributed by atoms with van der Waals surface area (Å²) in [6, 6.07) is 2.86. The van der Waals surface area contributed by atoms with Crippen LogP contribution in [0.3, 0.4) is 0 Å². The maximum absolute atomic E-state index is 11.3. The van der Waals surface area contributed by atoms with Crippen LogP contribution < -0.4 is 10.6 Å². The molecule has 0 spiro atoms. The number of aromatic nitrogens is 1. The molecule has 1 aromatic heterocycles. The third-order valence-electron chi connectivity index (χ3n) is 2.20. The highest BCUT2D eigenvalue weighted by molar-refractivity contribution is 5.76. The molecule has 1 rings (SSSR count). The van der Waals surface area contributed by atoms with E-state index in [-0.39, 0.29) is 23.8 Å². The highest BCUT2D eigenvalue weighted by atomic mass is 16.6. The Kier molecular flexibility index (Phi) is 5.56. The Labute approximate surface area is 105 Å². The third-order valence-corrected chi connectivity index (χ3v) is 2.20. The van der Waals surface area contributed by atoms with Gasteiger partial charge in [0.05, 0.1) is 4.92 Å². The first kappa shape index (κ1) is 13.9. The Morgan fingerprint density at radius 3 is 2.94 bits per heavy atom. The standard InChI is InChI=1S/C11H16N4O3/c1-2-6-12-10(16)5-8-14-11-9(15(17)18)4-3-7-13-11/h3-4,7H,2,5-6,8H2,1H3,(H,12,16)(H,13,14). The molecule has 0 unspecified atom stereocenters. The van der Waals surface area contributed by atoms with Crippen molar-refractivity contribution in [3.8, 4) is 0 Å². The molecule has 0 saturated heterocycles. The zero-order valence-electron chi connectivity index (χ0n) is 10.2. The first-order chi connectivity index (χ1) is 8.65. The average molecular weight is 252 g/mol. The fourth-order valence-corrected chi connectivity index (χ4v) is 1.33. The van der Waals surface area contributed by atoms with Crippen LogP contribution in [0.4, 0.5) is 11.5 Å². The van der Waals surface area contributed by atoms with Gasteiger partial charge in [0.1, 0.15) is 0 Å². The second-order valence-electron chi connectivity index (χ2n) is 3.65. The molecule has 2 N–H and O–H groups in total. The largest absolute Gasteiger partial charge is 0.364 e. The highest BCUT2D eigenvalue weighted by Crippen LogP contribution is 2.19. The van der Waals surface area contributed by atoms with Gasteiger partial charge in [-0.25, -0.2) is 4.98 Å². The molecule has 0 bridgehead atoms. The number of carbonyl (C=O) groups excluding carboxylic acids is 1. The van der Waals surface area contributed by atoms with Gasteiger partial charge in [-0.05, 0) is 12.5 Å². The van der Waals surface area contributed by atoms with Gasteiger partial charge in [-0.15, -0.1) is 0 Å². The molecule has 0 aliphatic heterocycles. The summed E-state index contributed by atoms with van der Waals surface area (Å²) in [4.78, 5) is 25.4. The summed E-state index contributed by atoms with van der Waals surface area (Å²) < 4.78 is 0. The molecule has 0 fully saturated rings. The molecule has 0 radical (unpaired) electrons. The zero-order valence-corrected chi connectivity index (χ0v) is 10.2. The lowest BCUT2D eigenvalue weighted by Gasteiger charge is -2.06. The van der Waals surface area contributed by atoms with E-state index in [2.05, 4.69) is 15.6 Å². The van der Waals surface area contributed by atoms with Crippen molar-refractivity contribution in [1.29, 1.82) is 0 Å². The van der Waals surface area contributed by atoms with E-state index in [0.29, 0.717) is 13.1 Å². The van der Waals surface area contributed by atoms with Crippen molar-refractivity contribution >= 4 is 17.4 Å². The lowest BCUT2D eigenvalue weighted by atomic mass is 10.3. The van der Waals surface area contributed by atoms with Crippen LogP contribution in [0.2, 0.25) is 0 Å². The maximum atomic E-state index is 11.3. The molecule has 18 heavy (non-hydrogen) atoms. The van der Waals surface area contributed by atoms with Crippen molar-refractivity contribution in [1.82, 2.24) is 10.3 Å². The number of hydrogen-bond acceptors (Lipinski definition) is 5. The second kappa shape index (κ2) is 7.21. The molecule has 7 heteroatoms. The van der Waals surface area contributed by atoms with Crippen LogP contribution in [-0.4, -0.2) is 28.9 Å². The number of nitrogens with zero attached hydrogens (tertiary/aromatic N) is 2. The van der Waals surface area contributed by atoms with E-state index in [4.69, 9.17) is 0 Å². The predicted octanol–water partition coefficient (Wildman–Crippen LogP) is 1.32. The highest BCUT2D eigenvalue weighted by Gasteiger charge is 2.13. The van der Waals surface area contributed by atoms with E-state index in [1.165, 1.54) is 18.3 Å². The van der Waals surface area contributed by atoms with Crippen molar-refractivity contribution in [2.45, 2.75) is 19.8 Å². The average Bonchev–Trinajstić information content (AvgIpc) is 2.36. The van der Waals surface area contributed by atoms with Crippen LogP contribution in [-0.2, 0) is 4.79 Å². The van der Waals surface area contributed by atoms with Crippen LogP contribution in [0.5, 0.6) is 0 Å². The number of rotatable bonds is 7. The van der Waals surface area contributed by atoms with Crippen LogP contribution in [0, 0.1) is 10.1 Å². The molecule has 0 aliphatic carbocycles. The van der Waals surface area contributed by atoms with Gasteiger partial charge < -0.3 is 10.6 Å². The number of hydrogen-bond donors (Lipinski definition) is 2. The van der Waals surface area contributed by atoms with Crippen molar-refractivity contribution in [3.05, 3.63) is 28.4 Å². The topological polar surface area (TPSA) is 97.2 Å². The molecular formula is C11H16N4O3. The second-order valence-corrected chi connectivity index (χ2v) is 3.65. The molecule has 98 valence electrons. The van der Waals surface area contributed by atoms with Crippen LogP contribution in [0.1, 0.15) is 19.8 Å². The molecule has 1 aromatic rings. The molecular weight excluding hydrogens is 236 g/mol. The summed E-state index contributed by atoms with van der Waals surface area (Å²) in [7, 11) is 0. The van der Waals surface area contributed by atoms with E-state index in [9.17, 15) is 14.9 Å². The summed E-state index contributed by atoms with van der Waals surface area (Å²) in [5.74, 6) is 0.105. The fourth-order valence-electron chi connectivity index (χ4n) is 1.33. The smallest absolute Gasteiger partial charge is 0.311 e. The summed E-state index contributed by atoms with van der Waals surface area (Å²) in [6.07, 6.45) is 2.60. The number of nitrogens with one attached hydrogen (secondary N) is 2. The minimum absolute atomic E-state index is 0.0806. The molecule has 1 amide bonds. The molecule has 0 aliphatic rings. The number of carbonyl (C=O) groups is 1. The van der Waals surface area contributed by atoms with Crippen molar-refractivity contribution < 1.29 is 9.72 Å². The molecule has 1 heterocycles. The van der Waals surface area contributed by atoms with Crippen LogP contribution in [0.15, 0.2) is 18.3 Å². The lowest BCUT2D eigenvalue weighted by Crippen LogP contribution is -2.26. The summed E-state index contributed by atoms with van der Waals surface area (Å²) >= 11 is 0. The van der Waals surface area contributed by atoms with E-state index >= 15 is 0 Å². The molecule has 0 saturated carbocycles. The fraction of sp³-hybridized carbons (Fsp3) is 0.455. The van der Waals surface area contributed by atoms with Gasteiger partial charge in [0.2, 0.25) is 11.7 Å². The Morgan fingerprint density at radius 2 is 2.28 bits per heavy atom. The zero-order chi connectivity index (χ0) is 13.4. The van der Waals surface area contributed by atoms with Gasteiger partial charge in [-0.2, -0.15) is 0 Å². The third kappa shape index (κ3) is 4.36. The lowest BCUT2D eigenvalue weighted by molar-refractivity contribution is -0.384. The Balaban J connectivity index is 2.44. The minimum Gasteiger partial charge on any atom is -0.364 e. The van der Waals surface area contributed by atoms with E-state index in [0.717, 1.165) is 6.42 Å². The van der Waals surface area contributed by atoms with Crippen molar-refractivity contribution in [2.24, 2.45) is 0 Å². The summed E-state index contributed by atoms with van der Waals surface area (Å²) in [5, 5.41) is 16.2. The predicted molar refractivity (Wildman–Crippen MR) is 67.3 cm³/mol. The van der Waals surface area contributed by atoms with Gasteiger partial charge in [-0.1, -0.05) is 6.92 Å². The summed E-state index contributed by atoms with van der Waals surface area (Å²) in [6.45, 7) is 2.92. The van der Waals surface area contributed by atoms with Crippen LogP contribution >= 0.6 is 0 Å². The molecule has 0 aromatic carbocycles. The summed E-state index contributed by atoms with van der Waals surface area (Å²) in [5.41, 5.74) is -0.0912. The normalized spacial score (nSPS) is 9.83. The quantitative estimate of drug-likeness (QED) is 0.563. The molecule has 7 nitrogen and oxygen atoms in total. The van der Waals surface area contributed by atoms with Crippen LogP contribution in [0.25, 0.3) is 0 Å². The van der Waals surface area contributed by atoms with Gasteiger partial charge in [0.15, 0.2) is 0 Å². The van der Waals surface area contributed by atoms with E-state index in [1.807, 2.05) is 6.92 Å². The van der Waals surface area contributed by atoms with E-state index in [1.54, 1.807) is 0 Å². The SMILES string of the molecule is CCCNC(=O)CCNc1ncccc1[N+](=O)[O-]. The van der Waals surface area contributed by atoms with Gasteiger partial charge in [0, 0.05) is 31.8 Å². The van der Waals surface area contributed by atoms with Crippen molar-refractivity contribution in [3.63, 3.8) is 0 Å². The van der Waals surface area contributed by atoms with Gasteiger partial charge in [0.25, 0.3) is 0 Å². The Bertz CT molecular complexity index is 423. The monoisotopic (exact) mass is 252 g/mol. The number of nitro groups is 1. The van der Waals surface area contributed by atoms with Crippen molar-refractivity contribution in [2.75, 3.05) is 18.4 Å². The van der Waals surface area contributed by atoms with Gasteiger partial charge >= 0.3 is 5.69 Å². The Hall–Kier alpha value is -2.18. The van der Waals surface area contributed by atoms with E-state index < -0.39 is 4.92 Å². The number of amides is 1. The Morgan fingerprint density at radius 1 is 1.50 bits per heavy atom. The first-order valence-electron chi connectivity index (χ1n) is 5.75. The van der Waals surface area contributed by atoms with Gasteiger partial charge in [-0.3, -0.25) is 14.9 Å².